The molecule has 2 N–H and O–H groups in total. The molecule has 0 bridgehead atoms. The first-order chi connectivity index (χ1) is 16.0. The minimum Gasteiger partial charge on any atom is -0.354 e. The number of hydrogen-bond donors (Lipinski definition) is 1. The molecule has 4 aromatic rings. The Labute approximate surface area is 197 Å². The van der Waals surface area contributed by atoms with E-state index >= 15 is 0 Å². The normalized spacial score (nSPS) is 15.6. The molecule has 4 heterocycles. The maximum absolute atomic E-state index is 13.3. The number of aryl methyl sites for hydroxylation is 1. The van der Waals surface area contributed by atoms with Gasteiger partial charge in [0, 0.05) is 37.1 Å². The van der Waals surface area contributed by atoms with Crippen LogP contribution in [0.15, 0.2) is 41.8 Å². The number of imidazole rings is 1. The van der Waals surface area contributed by atoms with Gasteiger partial charge in [-0.3, -0.25) is 0 Å². The lowest BCUT2D eigenvalue weighted by Gasteiger charge is -2.19. The van der Waals surface area contributed by atoms with Gasteiger partial charge in [0.2, 0.25) is 0 Å². The fraction of sp³-hybridized carbons (Fsp3) is 0.375. The molecule has 1 unspecified atom stereocenters. The number of fused-ring (bicyclic) bond motifs is 1. The third-order valence-electron chi connectivity index (χ3n) is 5.63. The predicted octanol–water partition coefficient (Wildman–Crippen LogP) is 4.89. The van der Waals surface area contributed by atoms with E-state index in [1.807, 2.05) is 47.8 Å². The molecule has 1 aliphatic heterocycles. The minimum absolute atomic E-state index is 0.189. The van der Waals surface area contributed by atoms with Crippen molar-refractivity contribution in [3.05, 3.63) is 53.3 Å². The number of thiazole rings is 1. The van der Waals surface area contributed by atoms with Gasteiger partial charge in [-0.2, -0.15) is 4.52 Å². The number of aromatic nitrogens is 4. The highest BCUT2D eigenvalue weighted by Crippen LogP contribution is 2.33. The third kappa shape index (κ3) is 4.56. The van der Waals surface area contributed by atoms with Gasteiger partial charge >= 0.3 is 0 Å². The lowest BCUT2D eigenvalue weighted by atomic mass is 10.2. The lowest BCUT2D eigenvalue weighted by Crippen LogP contribution is -2.27. The molecule has 0 spiro atoms. The van der Waals surface area contributed by atoms with Crippen LogP contribution in [0, 0.1) is 5.82 Å². The van der Waals surface area contributed by atoms with Crippen molar-refractivity contribution in [2.24, 2.45) is 5.73 Å². The molecular weight excluding hydrogens is 437 g/mol. The van der Waals surface area contributed by atoms with Crippen LogP contribution >= 0.6 is 11.3 Å². The topological polar surface area (TPSA) is 75.6 Å². The fourth-order valence-corrected chi connectivity index (χ4v) is 4.76. The van der Waals surface area contributed by atoms with Crippen LogP contribution in [0.4, 0.5) is 21.2 Å². The summed E-state index contributed by atoms with van der Waals surface area (Å²) in [6.07, 6.45) is 1.76. The van der Waals surface area contributed by atoms with Gasteiger partial charge in [0.25, 0.3) is 0 Å². The zero-order chi connectivity index (χ0) is 23.5. The molecule has 1 aliphatic rings. The van der Waals surface area contributed by atoms with E-state index in [2.05, 4.69) is 11.8 Å². The Morgan fingerprint density at radius 1 is 1.15 bits per heavy atom. The summed E-state index contributed by atoms with van der Waals surface area (Å²) in [5, 5.41) is 7.71. The quantitative estimate of drug-likeness (QED) is 0.451. The Bertz CT molecular complexity index is 1220. The average Bonchev–Trinajstić information content (AvgIpc) is 3.58. The maximum Gasteiger partial charge on any atom is 0.191 e. The highest BCUT2D eigenvalue weighted by Gasteiger charge is 2.23. The van der Waals surface area contributed by atoms with Crippen LogP contribution in [0.2, 0.25) is 0 Å². The van der Waals surface area contributed by atoms with Gasteiger partial charge in [-0.15, -0.1) is 16.4 Å². The molecule has 1 aromatic carbocycles. The van der Waals surface area contributed by atoms with Gasteiger partial charge in [-0.05, 0) is 49.2 Å². The van der Waals surface area contributed by atoms with Crippen LogP contribution in [0.3, 0.4) is 0 Å². The molecule has 33 heavy (non-hydrogen) atoms. The molecule has 0 saturated carbocycles. The second-order valence-corrected chi connectivity index (χ2v) is 8.61. The van der Waals surface area contributed by atoms with Crippen molar-refractivity contribution >= 4 is 33.8 Å². The first-order valence-electron chi connectivity index (χ1n) is 11.4. The van der Waals surface area contributed by atoms with E-state index in [1.54, 1.807) is 12.1 Å². The van der Waals surface area contributed by atoms with Crippen LogP contribution in [0.5, 0.6) is 0 Å². The smallest absolute Gasteiger partial charge is 0.191 e. The molecule has 174 valence electrons. The van der Waals surface area contributed by atoms with Crippen molar-refractivity contribution in [3.63, 3.8) is 0 Å². The van der Waals surface area contributed by atoms with E-state index in [-0.39, 0.29) is 11.9 Å². The Balaban J connectivity index is 0.00000126. The Morgan fingerprint density at radius 3 is 2.58 bits per heavy atom. The number of benzene rings is 1. The van der Waals surface area contributed by atoms with Gasteiger partial charge in [-0.1, -0.05) is 20.8 Å². The minimum atomic E-state index is -0.254. The molecule has 1 saturated heterocycles. The highest BCUT2D eigenvalue weighted by molar-refractivity contribution is 7.14. The SMILES string of the molecule is CC.CCc1nc2ccc(N3CCC(N)C3)nn2c1N(C)c1nc(-c2ccc(F)cc2)cs1. The van der Waals surface area contributed by atoms with Gasteiger partial charge in [0.15, 0.2) is 16.6 Å². The summed E-state index contributed by atoms with van der Waals surface area (Å²) in [6.45, 7) is 7.81. The number of anilines is 3. The second-order valence-electron chi connectivity index (χ2n) is 7.77. The van der Waals surface area contributed by atoms with Gasteiger partial charge in [-0.25, -0.2) is 14.4 Å². The molecule has 7 nitrogen and oxygen atoms in total. The molecule has 1 fully saturated rings. The molecule has 1 atom stereocenters. The van der Waals surface area contributed by atoms with Crippen LogP contribution in [0.25, 0.3) is 16.9 Å². The summed E-state index contributed by atoms with van der Waals surface area (Å²) in [7, 11) is 1.98. The standard InChI is InChI=1S/C22H24FN7S.C2H6/c1-3-17-21(28(2)22-26-18(13-31-22)14-4-6-15(23)7-5-14)30-19(25-17)8-9-20(27-30)29-11-10-16(24)12-29;1-2/h4-9,13,16H,3,10-12,24H2,1-2H3;1-2H3. The van der Waals surface area contributed by atoms with E-state index in [0.29, 0.717) is 0 Å². The van der Waals surface area contributed by atoms with E-state index in [4.69, 9.17) is 20.8 Å². The summed E-state index contributed by atoms with van der Waals surface area (Å²) in [4.78, 5) is 13.8. The summed E-state index contributed by atoms with van der Waals surface area (Å²) in [5.41, 5.74) is 9.56. The summed E-state index contributed by atoms with van der Waals surface area (Å²) < 4.78 is 15.2. The average molecular weight is 468 g/mol. The highest BCUT2D eigenvalue weighted by atomic mass is 32.1. The number of nitrogens with two attached hydrogens (primary N) is 1. The largest absolute Gasteiger partial charge is 0.354 e. The summed E-state index contributed by atoms with van der Waals surface area (Å²) in [5.74, 6) is 1.56. The molecule has 9 heteroatoms. The van der Waals surface area contributed by atoms with Crippen molar-refractivity contribution in [2.45, 2.75) is 39.7 Å². The lowest BCUT2D eigenvalue weighted by molar-refractivity contribution is 0.628. The van der Waals surface area contributed by atoms with E-state index in [9.17, 15) is 4.39 Å². The van der Waals surface area contributed by atoms with Crippen molar-refractivity contribution in [2.75, 3.05) is 29.9 Å². The van der Waals surface area contributed by atoms with Crippen LogP contribution in [0.1, 0.15) is 32.9 Å². The van der Waals surface area contributed by atoms with Crippen molar-refractivity contribution in [1.82, 2.24) is 19.6 Å². The predicted molar refractivity (Wildman–Crippen MR) is 134 cm³/mol. The number of rotatable bonds is 5. The van der Waals surface area contributed by atoms with E-state index in [1.165, 1.54) is 23.5 Å². The third-order valence-corrected chi connectivity index (χ3v) is 6.55. The number of nitrogens with zero attached hydrogens (tertiary/aromatic N) is 6. The van der Waals surface area contributed by atoms with Crippen LogP contribution in [-0.2, 0) is 6.42 Å². The van der Waals surface area contributed by atoms with Crippen LogP contribution < -0.4 is 15.5 Å². The molecular formula is C24H30FN7S. The molecule has 0 radical (unpaired) electrons. The summed E-state index contributed by atoms with van der Waals surface area (Å²) >= 11 is 1.54. The van der Waals surface area contributed by atoms with Crippen molar-refractivity contribution in [1.29, 1.82) is 0 Å². The summed E-state index contributed by atoms with van der Waals surface area (Å²) in [6, 6.07) is 10.6. The van der Waals surface area contributed by atoms with Gasteiger partial charge in [0.1, 0.15) is 11.6 Å². The van der Waals surface area contributed by atoms with E-state index in [0.717, 1.165) is 65.3 Å². The van der Waals surface area contributed by atoms with Gasteiger partial charge < -0.3 is 15.5 Å². The van der Waals surface area contributed by atoms with Gasteiger partial charge in [0.05, 0.1) is 11.4 Å². The number of hydrogen-bond acceptors (Lipinski definition) is 7. The zero-order valence-electron chi connectivity index (χ0n) is 19.5. The van der Waals surface area contributed by atoms with Crippen molar-refractivity contribution in [3.8, 4) is 11.3 Å². The fourth-order valence-electron chi connectivity index (χ4n) is 3.96. The monoisotopic (exact) mass is 467 g/mol. The molecule has 3 aromatic heterocycles. The van der Waals surface area contributed by atoms with Crippen molar-refractivity contribution < 1.29 is 4.39 Å². The second kappa shape index (κ2) is 9.84. The Hall–Kier alpha value is -3.04. The maximum atomic E-state index is 13.3. The first kappa shape index (κ1) is 23.1. The van der Waals surface area contributed by atoms with E-state index < -0.39 is 0 Å². The molecule has 0 amide bonds. The zero-order valence-corrected chi connectivity index (χ0v) is 20.3. The Kier molecular flexibility index (Phi) is 6.90. The number of halogens is 1. The first-order valence-corrected chi connectivity index (χ1v) is 12.3. The molecule has 5 rings (SSSR count). The Morgan fingerprint density at radius 2 is 1.91 bits per heavy atom. The van der Waals surface area contributed by atoms with Crippen LogP contribution in [-0.4, -0.2) is 45.8 Å². The molecule has 0 aliphatic carbocycles.